The van der Waals surface area contributed by atoms with Gasteiger partial charge < -0.3 is 20.1 Å². The Morgan fingerprint density at radius 3 is 2.58 bits per heavy atom. The molecule has 0 aliphatic carbocycles. The maximum Gasteiger partial charge on any atom is 0.341 e. The molecule has 0 unspecified atom stereocenters. The molecule has 0 radical (unpaired) electrons. The average Bonchev–Trinajstić information content (AvgIpc) is 2.59. The molecule has 0 bridgehead atoms. The van der Waals surface area contributed by atoms with Crippen molar-refractivity contribution in [3.63, 3.8) is 0 Å². The van der Waals surface area contributed by atoms with Crippen LogP contribution in [-0.4, -0.2) is 44.1 Å². The number of carbonyl (C=O) groups is 1. The highest BCUT2D eigenvalue weighted by Crippen LogP contribution is 2.22. The van der Waals surface area contributed by atoms with Crippen LogP contribution in [0.15, 0.2) is 23.2 Å². The molecule has 2 rings (SSSR count). The Labute approximate surface area is 160 Å². The van der Waals surface area contributed by atoms with Crippen LogP contribution in [0.1, 0.15) is 35.7 Å². The highest BCUT2D eigenvalue weighted by Gasteiger charge is 2.17. The van der Waals surface area contributed by atoms with Crippen LogP contribution in [0.4, 0.5) is 0 Å². The van der Waals surface area contributed by atoms with Crippen LogP contribution in [0.25, 0.3) is 0 Å². The number of ether oxygens (including phenoxy) is 2. The molecule has 1 aromatic carbocycles. The Bertz CT molecular complexity index is 584. The summed E-state index contributed by atoms with van der Waals surface area (Å²) < 4.78 is 9.98. The Balaban J connectivity index is 0.00000288. The molecule has 134 valence electrons. The molecule has 0 amide bonds. The quantitative estimate of drug-likeness (QED) is 0.333. The summed E-state index contributed by atoms with van der Waals surface area (Å²) in [5.41, 5.74) is 7.42. The molecule has 24 heavy (non-hydrogen) atoms. The van der Waals surface area contributed by atoms with Crippen molar-refractivity contribution in [1.29, 1.82) is 0 Å². The van der Waals surface area contributed by atoms with Gasteiger partial charge >= 0.3 is 5.97 Å². The highest BCUT2D eigenvalue weighted by atomic mass is 127. The number of hydrogen-bond acceptors (Lipinski definition) is 4. The molecule has 1 heterocycles. The van der Waals surface area contributed by atoms with Gasteiger partial charge in [-0.15, -0.1) is 24.0 Å². The van der Waals surface area contributed by atoms with Crippen molar-refractivity contribution in [3.8, 4) is 5.75 Å². The molecule has 1 aromatic rings. The number of esters is 1. The van der Waals surface area contributed by atoms with E-state index in [1.807, 2.05) is 6.07 Å². The number of methoxy groups -OCH3 is 2. The van der Waals surface area contributed by atoms with E-state index in [0.29, 0.717) is 23.8 Å². The lowest BCUT2D eigenvalue weighted by atomic mass is 10.00. The van der Waals surface area contributed by atoms with E-state index in [9.17, 15) is 4.79 Å². The van der Waals surface area contributed by atoms with Crippen molar-refractivity contribution in [2.75, 3.05) is 27.3 Å². The third-order valence-electron chi connectivity index (χ3n) is 4.20. The lowest BCUT2D eigenvalue weighted by Crippen LogP contribution is -2.42. The van der Waals surface area contributed by atoms with Gasteiger partial charge in [0.05, 0.1) is 20.8 Å². The average molecular weight is 447 g/mol. The van der Waals surface area contributed by atoms with Crippen LogP contribution in [0.3, 0.4) is 0 Å². The third kappa shape index (κ3) is 5.25. The van der Waals surface area contributed by atoms with Crippen LogP contribution in [0.2, 0.25) is 0 Å². The largest absolute Gasteiger partial charge is 0.496 e. The van der Waals surface area contributed by atoms with Crippen LogP contribution >= 0.6 is 24.0 Å². The smallest absolute Gasteiger partial charge is 0.341 e. The Morgan fingerprint density at radius 1 is 1.33 bits per heavy atom. The maximum atomic E-state index is 11.6. The number of aliphatic imine (C=N–C) groups is 1. The van der Waals surface area contributed by atoms with E-state index >= 15 is 0 Å². The van der Waals surface area contributed by atoms with Crippen LogP contribution in [0, 0.1) is 5.92 Å². The van der Waals surface area contributed by atoms with E-state index in [1.54, 1.807) is 12.1 Å². The first-order valence-electron chi connectivity index (χ1n) is 7.85. The summed E-state index contributed by atoms with van der Waals surface area (Å²) in [4.78, 5) is 18.2. The summed E-state index contributed by atoms with van der Waals surface area (Å²) in [6.07, 6.45) is 2.30. The van der Waals surface area contributed by atoms with Crippen molar-refractivity contribution in [2.24, 2.45) is 16.6 Å². The van der Waals surface area contributed by atoms with E-state index in [4.69, 9.17) is 15.2 Å². The number of likely N-dealkylation sites (tertiary alicyclic amines) is 1. The number of hydrogen-bond donors (Lipinski definition) is 1. The van der Waals surface area contributed by atoms with Gasteiger partial charge in [-0.05, 0) is 36.5 Å². The summed E-state index contributed by atoms with van der Waals surface area (Å²) in [5.74, 6) is 1.40. The molecule has 1 fully saturated rings. The first-order valence-corrected chi connectivity index (χ1v) is 7.85. The zero-order chi connectivity index (χ0) is 16.8. The zero-order valence-corrected chi connectivity index (χ0v) is 16.8. The van der Waals surface area contributed by atoms with Crippen LogP contribution < -0.4 is 10.5 Å². The first kappa shape index (κ1) is 20.5. The summed E-state index contributed by atoms with van der Waals surface area (Å²) >= 11 is 0. The van der Waals surface area contributed by atoms with Gasteiger partial charge in [-0.3, -0.25) is 0 Å². The van der Waals surface area contributed by atoms with Crippen molar-refractivity contribution in [1.82, 2.24) is 4.90 Å². The number of halogens is 1. The molecule has 0 atom stereocenters. The van der Waals surface area contributed by atoms with Gasteiger partial charge in [-0.2, -0.15) is 0 Å². The second-order valence-corrected chi connectivity index (χ2v) is 5.87. The summed E-state index contributed by atoms with van der Waals surface area (Å²) in [5, 5.41) is 0. The zero-order valence-electron chi connectivity index (χ0n) is 14.4. The van der Waals surface area contributed by atoms with Gasteiger partial charge in [0, 0.05) is 13.1 Å². The predicted molar refractivity (Wildman–Crippen MR) is 105 cm³/mol. The molecular weight excluding hydrogens is 421 g/mol. The van der Waals surface area contributed by atoms with Crippen LogP contribution in [0.5, 0.6) is 5.75 Å². The van der Waals surface area contributed by atoms with Crippen molar-refractivity contribution in [2.45, 2.75) is 26.3 Å². The first-order chi connectivity index (χ1) is 11.0. The van der Waals surface area contributed by atoms with E-state index in [-0.39, 0.29) is 24.0 Å². The lowest BCUT2D eigenvalue weighted by molar-refractivity contribution is 0.0597. The number of rotatable bonds is 4. The second-order valence-electron chi connectivity index (χ2n) is 5.87. The number of benzene rings is 1. The number of guanidine groups is 1. The molecule has 7 heteroatoms. The molecule has 1 saturated heterocycles. The molecule has 1 aliphatic rings. The predicted octanol–water partition coefficient (Wildman–Crippen LogP) is 2.65. The number of nitrogens with two attached hydrogens (primary N) is 1. The molecular formula is C17H26IN3O3. The molecule has 0 spiro atoms. The summed E-state index contributed by atoms with van der Waals surface area (Å²) in [7, 11) is 2.87. The van der Waals surface area contributed by atoms with Crippen molar-refractivity contribution >= 4 is 35.9 Å². The van der Waals surface area contributed by atoms with Gasteiger partial charge in [-0.25, -0.2) is 9.79 Å². The Morgan fingerprint density at radius 2 is 2.00 bits per heavy atom. The number of carbonyl (C=O) groups excluding carboxylic acids is 1. The standard InChI is InChI=1S/C17H25N3O3.HI/c1-12-6-8-20(9-7-12)17(18)19-11-13-4-5-14(16(21)23-3)15(10-13)22-2;/h4-5,10,12H,6-9,11H2,1-3H3,(H2,18,19);1H. The van der Waals surface area contributed by atoms with Crippen LogP contribution in [-0.2, 0) is 11.3 Å². The van der Waals surface area contributed by atoms with Gasteiger partial charge in [0.15, 0.2) is 5.96 Å². The second kappa shape index (κ2) is 9.71. The topological polar surface area (TPSA) is 77.1 Å². The van der Waals surface area contributed by atoms with E-state index < -0.39 is 5.97 Å². The normalized spacial score (nSPS) is 15.6. The van der Waals surface area contributed by atoms with Gasteiger partial charge in [0.25, 0.3) is 0 Å². The monoisotopic (exact) mass is 447 g/mol. The maximum absolute atomic E-state index is 11.6. The minimum Gasteiger partial charge on any atom is -0.496 e. The minimum atomic E-state index is -0.418. The van der Waals surface area contributed by atoms with E-state index in [1.165, 1.54) is 14.2 Å². The minimum absolute atomic E-state index is 0. The summed E-state index contributed by atoms with van der Waals surface area (Å²) in [6, 6.07) is 5.32. The molecule has 0 aromatic heterocycles. The molecule has 0 saturated carbocycles. The Hall–Kier alpha value is -1.51. The third-order valence-corrected chi connectivity index (χ3v) is 4.20. The molecule has 2 N–H and O–H groups in total. The molecule has 6 nitrogen and oxygen atoms in total. The lowest BCUT2D eigenvalue weighted by Gasteiger charge is -2.31. The number of nitrogens with zero attached hydrogens (tertiary/aromatic N) is 2. The van der Waals surface area contributed by atoms with Crippen molar-refractivity contribution < 1.29 is 14.3 Å². The SMILES string of the molecule is COC(=O)c1ccc(CN=C(N)N2CCC(C)CC2)cc1OC.I. The molecule has 1 aliphatic heterocycles. The van der Waals surface area contributed by atoms with Gasteiger partial charge in [-0.1, -0.05) is 13.0 Å². The van der Waals surface area contributed by atoms with Gasteiger partial charge in [0.2, 0.25) is 0 Å². The van der Waals surface area contributed by atoms with E-state index in [0.717, 1.165) is 37.4 Å². The highest BCUT2D eigenvalue weighted by molar-refractivity contribution is 14.0. The van der Waals surface area contributed by atoms with E-state index in [2.05, 4.69) is 16.8 Å². The Kier molecular flexibility index (Phi) is 8.30. The summed E-state index contributed by atoms with van der Waals surface area (Å²) in [6.45, 7) is 4.64. The van der Waals surface area contributed by atoms with Crippen molar-refractivity contribution in [3.05, 3.63) is 29.3 Å². The fourth-order valence-electron chi connectivity index (χ4n) is 2.62. The fourth-order valence-corrected chi connectivity index (χ4v) is 2.62. The number of piperidine rings is 1. The fraction of sp³-hybridized carbons (Fsp3) is 0.529. The van der Waals surface area contributed by atoms with Gasteiger partial charge in [0.1, 0.15) is 11.3 Å².